The Kier molecular flexibility index (Phi) is 4.72. The summed E-state index contributed by atoms with van der Waals surface area (Å²) in [5.41, 5.74) is 5.69. The Balaban J connectivity index is 1.66. The van der Waals surface area contributed by atoms with E-state index in [2.05, 4.69) is 20.6 Å². The summed E-state index contributed by atoms with van der Waals surface area (Å²) in [6, 6.07) is 13.5. The first-order chi connectivity index (χ1) is 13.9. The Morgan fingerprint density at radius 2 is 1.90 bits per heavy atom. The van der Waals surface area contributed by atoms with E-state index in [-0.39, 0.29) is 5.91 Å². The quantitative estimate of drug-likeness (QED) is 0.561. The minimum Gasteiger partial charge on any atom is -0.339 e. The summed E-state index contributed by atoms with van der Waals surface area (Å²) < 4.78 is 6.79. The highest BCUT2D eigenvalue weighted by molar-refractivity contribution is 6.05. The van der Waals surface area contributed by atoms with Gasteiger partial charge < -0.3 is 9.84 Å². The number of anilines is 1. The van der Waals surface area contributed by atoms with Gasteiger partial charge in [0, 0.05) is 24.4 Å². The maximum atomic E-state index is 12.8. The summed E-state index contributed by atoms with van der Waals surface area (Å²) in [5, 5.41) is 11.5. The number of hydrogen-bond acceptors (Lipinski definition) is 5. The summed E-state index contributed by atoms with van der Waals surface area (Å²) in [5.74, 6) is 0.833. The fourth-order valence-electron chi connectivity index (χ4n) is 3.14. The van der Waals surface area contributed by atoms with Gasteiger partial charge in [0.05, 0.1) is 16.9 Å². The van der Waals surface area contributed by atoms with Crippen LogP contribution in [0.25, 0.3) is 17.1 Å². The lowest BCUT2D eigenvalue weighted by Gasteiger charge is -2.07. The van der Waals surface area contributed by atoms with Crippen molar-refractivity contribution in [2.24, 2.45) is 0 Å². The minimum absolute atomic E-state index is 0.193. The SMILES string of the molecule is Cc1cccc(NC(=O)c2cn(-c3cc(-c4noc(C)n4)ccc3C)nc2C)c1. The molecule has 29 heavy (non-hydrogen) atoms. The lowest BCUT2D eigenvalue weighted by molar-refractivity contribution is 0.102. The monoisotopic (exact) mass is 387 g/mol. The third-order valence-corrected chi connectivity index (χ3v) is 4.66. The van der Waals surface area contributed by atoms with Gasteiger partial charge in [-0.25, -0.2) is 4.68 Å². The van der Waals surface area contributed by atoms with E-state index in [1.807, 2.05) is 63.2 Å². The van der Waals surface area contributed by atoms with Gasteiger partial charge in [0.15, 0.2) is 0 Å². The van der Waals surface area contributed by atoms with Gasteiger partial charge in [-0.15, -0.1) is 0 Å². The van der Waals surface area contributed by atoms with E-state index < -0.39 is 0 Å². The van der Waals surface area contributed by atoms with Crippen molar-refractivity contribution in [3.8, 4) is 17.1 Å². The van der Waals surface area contributed by atoms with Crippen molar-refractivity contribution in [1.82, 2.24) is 19.9 Å². The van der Waals surface area contributed by atoms with Crippen LogP contribution in [-0.4, -0.2) is 25.8 Å². The summed E-state index contributed by atoms with van der Waals surface area (Å²) in [6.07, 6.45) is 1.74. The summed E-state index contributed by atoms with van der Waals surface area (Å²) in [6.45, 7) is 7.55. The zero-order valence-electron chi connectivity index (χ0n) is 16.7. The molecular formula is C22H21N5O2. The Labute approximate surface area is 168 Å². The molecular weight excluding hydrogens is 366 g/mol. The van der Waals surface area contributed by atoms with Gasteiger partial charge in [0.2, 0.25) is 11.7 Å². The van der Waals surface area contributed by atoms with Crippen molar-refractivity contribution in [3.05, 3.63) is 76.9 Å². The molecule has 1 N–H and O–H groups in total. The third kappa shape index (κ3) is 3.80. The summed E-state index contributed by atoms with van der Waals surface area (Å²) >= 11 is 0. The van der Waals surface area contributed by atoms with Crippen molar-refractivity contribution >= 4 is 11.6 Å². The van der Waals surface area contributed by atoms with Crippen LogP contribution in [0.4, 0.5) is 5.69 Å². The average molecular weight is 387 g/mol. The molecule has 2 aromatic heterocycles. The molecule has 7 nitrogen and oxygen atoms in total. The molecule has 0 saturated carbocycles. The first-order valence-electron chi connectivity index (χ1n) is 9.27. The molecule has 4 aromatic rings. The van der Waals surface area contributed by atoms with Crippen molar-refractivity contribution in [2.45, 2.75) is 27.7 Å². The Morgan fingerprint density at radius 1 is 1.07 bits per heavy atom. The number of carbonyl (C=O) groups excluding carboxylic acids is 1. The number of rotatable bonds is 4. The number of amides is 1. The van der Waals surface area contributed by atoms with Crippen LogP contribution in [0.5, 0.6) is 0 Å². The van der Waals surface area contributed by atoms with Crippen molar-refractivity contribution in [3.63, 3.8) is 0 Å². The van der Waals surface area contributed by atoms with Gasteiger partial charge in [0.1, 0.15) is 0 Å². The second kappa shape index (κ2) is 7.35. The Morgan fingerprint density at radius 3 is 2.62 bits per heavy atom. The van der Waals surface area contributed by atoms with E-state index in [0.717, 1.165) is 28.1 Å². The molecule has 0 bridgehead atoms. The molecule has 0 atom stereocenters. The highest BCUT2D eigenvalue weighted by Gasteiger charge is 2.16. The topological polar surface area (TPSA) is 85.8 Å². The Bertz CT molecular complexity index is 1210. The molecule has 0 unspecified atom stereocenters. The number of hydrogen-bond donors (Lipinski definition) is 1. The molecule has 1 amide bonds. The first kappa shape index (κ1) is 18.6. The number of nitrogens with zero attached hydrogens (tertiary/aromatic N) is 4. The average Bonchev–Trinajstić information content (AvgIpc) is 3.28. The zero-order chi connectivity index (χ0) is 20.5. The van der Waals surface area contributed by atoms with Crippen LogP contribution in [0.15, 0.2) is 53.2 Å². The lowest BCUT2D eigenvalue weighted by Crippen LogP contribution is -2.12. The molecule has 0 spiro atoms. The van der Waals surface area contributed by atoms with Gasteiger partial charge in [-0.3, -0.25) is 4.79 Å². The smallest absolute Gasteiger partial charge is 0.259 e. The van der Waals surface area contributed by atoms with Gasteiger partial charge >= 0.3 is 0 Å². The minimum atomic E-state index is -0.193. The normalized spacial score (nSPS) is 10.9. The highest BCUT2D eigenvalue weighted by Crippen LogP contribution is 2.24. The fourth-order valence-corrected chi connectivity index (χ4v) is 3.14. The summed E-state index contributed by atoms with van der Waals surface area (Å²) in [4.78, 5) is 17.0. The first-order valence-corrected chi connectivity index (χ1v) is 9.27. The summed E-state index contributed by atoms with van der Waals surface area (Å²) in [7, 11) is 0. The molecule has 2 aromatic carbocycles. The van der Waals surface area contributed by atoms with Crippen LogP contribution in [0.1, 0.15) is 33.1 Å². The van der Waals surface area contributed by atoms with Crippen molar-refractivity contribution in [1.29, 1.82) is 0 Å². The van der Waals surface area contributed by atoms with Gasteiger partial charge in [-0.05, 0) is 50.1 Å². The highest BCUT2D eigenvalue weighted by atomic mass is 16.5. The van der Waals surface area contributed by atoms with Crippen LogP contribution < -0.4 is 5.32 Å². The zero-order valence-corrected chi connectivity index (χ0v) is 16.7. The van der Waals surface area contributed by atoms with E-state index in [1.165, 1.54) is 0 Å². The number of aromatic nitrogens is 4. The maximum absolute atomic E-state index is 12.8. The van der Waals surface area contributed by atoms with Crippen LogP contribution in [0.2, 0.25) is 0 Å². The molecule has 0 saturated heterocycles. The molecule has 7 heteroatoms. The second-order valence-corrected chi connectivity index (χ2v) is 7.03. The number of nitrogens with one attached hydrogen (secondary N) is 1. The standard InChI is InChI=1S/C22H21N5O2/c1-13-6-5-7-18(10-13)24-22(28)19-12-27(25-15(19)3)20-11-17(9-8-14(20)2)21-23-16(4)29-26-21/h5-12H,1-4H3,(H,24,28). The fraction of sp³-hybridized carbons (Fsp3) is 0.182. The largest absolute Gasteiger partial charge is 0.339 e. The van der Waals surface area contributed by atoms with Gasteiger partial charge in [-0.2, -0.15) is 10.1 Å². The second-order valence-electron chi connectivity index (χ2n) is 7.03. The molecule has 0 radical (unpaired) electrons. The van der Waals surface area contributed by atoms with E-state index in [4.69, 9.17) is 4.52 Å². The molecule has 0 aliphatic heterocycles. The number of carbonyl (C=O) groups is 1. The Hall–Kier alpha value is -3.74. The van der Waals surface area contributed by atoms with Crippen LogP contribution in [0, 0.1) is 27.7 Å². The lowest BCUT2D eigenvalue weighted by atomic mass is 10.1. The third-order valence-electron chi connectivity index (χ3n) is 4.66. The number of aryl methyl sites for hydroxylation is 4. The van der Waals surface area contributed by atoms with Gasteiger partial charge in [-0.1, -0.05) is 29.4 Å². The molecule has 2 heterocycles. The molecule has 146 valence electrons. The molecule has 0 aliphatic rings. The van der Waals surface area contributed by atoms with E-state index in [0.29, 0.717) is 23.0 Å². The van der Waals surface area contributed by atoms with Crippen LogP contribution in [0.3, 0.4) is 0 Å². The maximum Gasteiger partial charge on any atom is 0.259 e. The van der Waals surface area contributed by atoms with E-state index in [1.54, 1.807) is 17.8 Å². The predicted octanol–water partition coefficient (Wildman–Crippen LogP) is 4.41. The van der Waals surface area contributed by atoms with E-state index in [9.17, 15) is 4.79 Å². The molecule has 4 rings (SSSR count). The van der Waals surface area contributed by atoms with Gasteiger partial charge in [0.25, 0.3) is 5.91 Å². The van der Waals surface area contributed by atoms with Crippen molar-refractivity contribution < 1.29 is 9.32 Å². The van der Waals surface area contributed by atoms with Crippen molar-refractivity contribution in [2.75, 3.05) is 5.32 Å². The molecule has 0 fully saturated rings. The van der Waals surface area contributed by atoms with E-state index >= 15 is 0 Å². The van der Waals surface area contributed by atoms with Crippen LogP contribution in [-0.2, 0) is 0 Å². The molecule has 0 aliphatic carbocycles. The predicted molar refractivity (Wildman–Crippen MR) is 110 cm³/mol. The van der Waals surface area contributed by atoms with Crippen LogP contribution >= 0.6 is 0 Å². The number of benzene rings is 2.